The van der Waals surface area contributed by atoms with Gasteiger partial charge in [-0.2, -0.15) is 5.10 Å². The van der Waals surface area contributed by atoms with Gasteiger partial charge in [0.1, 0.15) is 18.6 Å². The third-order valence-electron chi connectivity index (χ3n) is 5.24. The highest BCUT2D eigenvalue weighted by Gasteiger charge is 2.19. The van der Waals surface area contributed by atoms with E-state index in [1.807, 2.05) is 31.2 Å². The third kappa shape index (κ3) is 4.61. The molecule has 0 radical (unpaired) electrons. The molecule has 32 heavy (non-hydrogen) atoms. The second kappa shape index (κ2) is 9.60. The number of aryl methyl sites for hydroxylation is 2. The second-order valence-corrected chi connectivity index (χ2v) is 7.72. The Morgan fingerprint density at radius 3 is 2.56 bits per heavy atom. The van der Waals surface area contributed by atoms with Crippen molar-refractivity contribution >= 4 is 16.7 Å². The lowest BCUT2D eigenvalue weighted by Gasteiger charge is -2.10. The summed E-state index contributed by atoms with van der Waals surface area (Å²) < 4.78 is 12.4. The zero-order valence-electron chi connectivity index (χ0n) is 18.2. The molecule has 7 heteroatoms. The number of ether oxygens (including phenoxy) is 1. The van der Waals surface area contributed by atoms with Crippen LogP contribution in [-0.2, 0) is 17.9 Å². The van der Waals surface area contributed by atoms with Crippen molar-refractivity contribution in [1.29, 1.82) is 0 Å². The predicted molar refractivity (Wildman–Crippen MR) is 121 cm³/mol. The molecule has 0 amide bonds. The van der Waals surface area contributed by atoms with Crippen LogP contribution in [-0.4, -0.2) is 20.7 Å². The number of carbonyl (C=O) groups is 1. The molecule has 0 fully saturated rings. The topological polar surface area (TPSA) is 87.2 Å². The molecule has 0 aliphatic rings. The third-order valence-corrected chi connectivity index (χ3v) is 5.24. The fraction of sp³-hybridized carbons (Fsp3) is 0.280. The number of fused-ring (bicyclic) bond motifs is 1. The van der Waals surface area contributed by atoms with Gasteiger partial charge in [0.15, 0.2) is 5.69 Å². The molecule has 0 bridgehead atoms. The first-order valence-corrected chi connectivity index (χ1v) is 10.7. The van der Waals surface area contributed by atoms with Crippen molar-refractivity contribution in [3.05, 3.63) is 82.1 Å². The molecule has 4 aromatic rings. The van der Waals surface area contributed by atoms with E-state index in [1.54, 1.807) is 24.3 Å². The average Bonchev–Trinajstić information content (AvgIpc) is 3.29. The van der Waals surface area contributed by atoms with Gasteiger partial charge in [-0.25, -0.2) is 14.5 Å². The molecule has 164 valence electrons. The number of rotatable bonds is 8. The van der Waals surface area contributed by atoms with Crippen LogP contribution in [0.3, 0.4) is 0 Å². The molecule has 2 aromatic heterocycles. The maximum absolute atomic E-state index is 12.9. The predicted octanol–water partition coefficient (Wildman–Crippen LogP) is 4.91. The van der Waals surface area contributed by atoms with Crippen molar-refractivity contribution in [3.8, 4) is 11.5 Å². The van der Waals surface area contributed by atoms with Crippen molar-refractivity contribution in [2.75, 3.05) is 0 Å². The summed E-state index contributed by atoms with van der Waals surface area (Å²) in [6.07, 6.45) is 4.30. The minimum atomic E-state index is -0.606. The van der Waals surface area contributed by atoms with Crippen LogP contribution < -0.4 is 5.56 Å². The van der Waals surface area contributed by atoms with Crippen LogP contribution in [0.2, 0.25) is 0 Å². The Morgan fingerprint density at radius 1 is 1.06 bits per heavy atom. The summed E-state index contributed by atoms with van der Waals surface area (Å²) >= 11 is 0. The molecular weight excluding hydrogens is 406 g/mol. The van der Waals surface area contributed by atoms with Gasteiger partial charge in [-0.05, 0) is 31.5 Å². The first kappa shape index (κ1) is 21.5. The molecule has 2 aromatic carbocycles. The number of aromatic nitrogens is 3. The van der Waals surface area contributed by atoms with Gasteiger partial charge in [0.25, 0.3) is 5.56 Å². The van der Waals surface area contributed by atoms with Gasteiger partial charge in [0, 0.05) is 17.5 Å². The van der Waals surface area contributed by atoms with E-state index < -0.39 is 5.97 Å². The molecule has 0 saturated heterocycles. The summed E-state index contributed by atoms with van der Waals surface area (Å²) in [7, 11) is 0. The fourth-order valence-electron chi connectivity index (χ4n) is 3.46. The Kier molecular flexibility index (Phi) is 6.44. The molecule has 0 atom stereocenters. The molecule has 7 nitrogen and oxygen atoms in total. The highest BCUT2D eigenvalue weighted by molar-refractivity contribution is 6.02. The number of esters is 1. The molecular formula is C25H25N3O4. The average molecular weight is 431 g/mol. The van der Waals surface area contributed by atoms with Gasteiger partial charge in [-0.1, -0.05) is 55.7 Å². The van der Waals surface area contributed by atoms with Crippen molar-refractivity contribution in [2.45, 2.75) is 46.3 Å². The van der Waals surface area contributed by atoms with Crippen molar-refractivity contribution in [2.24, 2.45) is 0 Å². The Balaban J connectivity index is 1.54. The van der Waals surface area contributed by atoms with Crippen LogP contribution in [0.1, 0.15) is 47.9 Å². The first-order valence-electron chi connectivity index (χ1n) is 10.7. The van der Waals surface area contributed by atoms with E-state index in [4.69, 9.17) is 9.15 Å². The monoisotopic (exact) mass is 431 g/mol. The van der Waals surface area contributed by atoms with Gasteiger partial charge in [0.05, 0.1) is 5.39 Å². The zero-order chi connectivity index (χ0) is 22.5. The summed E-state index contributed by atoms with van der Waals surface area (Å²) in [6, 6.07) is 14.8. The smallest absolute Gasteiger partial charge is 0.359 e. The fourth-order valence-corrected chi connectivity index (χ4v) is 3.46. The van der Waals surface area contributed by atoms with E-state index in [9.17, 15) is 9.59 Å². The Hall–Kier alpha value is -3.74. The molecule has 0 spiro atoms. The lowest BCUT2D eigenvalue weighted by molar-refractivity contribution is 0.0460. The van der Waals surface area contributed by atoms with E-state index in [2.05, 4.69) is 17.0 Å². The van der Waals surface area contributed by atoms with Crippen LogP contribution in [0.15, 0.2) is 64.0 Å². The largest absolute Gasteiger partial charge is 0.454 e. The molecule has 2 heterocycles. The first-order chi connectivity index (χ1) is 15.6. The number of unbranched alkanes of at least 4 members (excludes halogenated alkanes) is 2. The standard InChI is InChI=1S/C25H25N3O4/c1-3-4-7-14-28-24(29)21-9-6-5-8-20(21)22(27-28)25(30)32-16-19-15-31-23(26-19)18-12-10-17(2)11-13-18/h5-6,8-13,15H,3-4,7,14,16H2,1-2H3. The minimum Gasteiger partial charge on any atom is -0.454 e. The summed E-state index contributed by atoms with van der Waals surface area (Å²) in [6.45, 7) is 4.50. The Morgan fingerprint density at radius 2 is 1.81 bits per heavy atom. The maximum atomic E-state index is 12.9. The zero-order valence-corrected chi connectivity index (χ0v) is 18.2. The molecule has 0 saturated carbocycles. The Labute approximate surface area is 185 Å². The summed E-state index contributed by atoms with van der Waals surface area (Å²) in [5.74, 6) is -0.144. The minimum absolute atomic E-state index is 0.0564. The molecule has 0 aliphatic carbocycles. The number of hydrogen-bond donors (Lipinski definition) is 0. The lowest BCUT2D eigenvalue weighted by Crippen LogP contribution is -2.26. The molecule has 0 unspecified atom stereocenters. The maximum Gasteiger partial charge on any atom is 0.359 e. The number of oxazole rings is 1. The van der Waals surface area contributed by atoms with Crippen LogP contribution in [0.5, 0.6) is 0 Å². The highest BCUT2D eigenvalue weighted by Crippen LogP contribution is 2.20. The second-order valence-electron chi connectivity index (χ2n) is 7.72. The van der Waals surface area contributed by atoms with Crippen LogP contribution in [0, 0.1) is 6.92 Å². The molecule has 0 aliphatic heterocycles. The van der Waals surface area contributed by atoms with Crippen molar-refractivity contribution < 1.29 is 13.9 Å². The van der Waals surface area contributed by atoms with Crippen LogP contribution in [0.4, 0.5) is 0 Å². The molecule has 4 rings (SSSR count). The van der Waals surface area contributed by atoms with E-state index in [0.29, 0.717) is 28.9 Å². The van der Waals surface area contributed by atoms with Gasteiger partial charge < -0.3 is 9.15 Å². The summed E-state index contributed by atoms with van der Waals surface area (Å²) in [4.78, 5) is 30.0. The van der Waals surface area contributed by atoms with Crippen LogP contribution >= 0.6 is 0 Å². The number of benzene rings is 2. The van der Waals surface area contributed by atoms with Gasteiger partial charge >= 0.3 is 5.97 Å². The normalized spacial score (nSPS) is 11.1. The Bertz CT molecular complexity index is 1290. The summed E-state index contributed by atoms with van der Waals surface area (Å²) in [5.41, 5.74) is 2.41. The van der Waals surface area contributed by atoms with Gasteiger partial charge in [-0.3, -0.25) is 4.79 Å². The van der Waals surface area contributed by atoms with E-state index in [0.717, 1.165) is 30.4 Å². The quantitative estimate of drug-likeness (QED) is 0.291. The lowest BCUT2D eigenvalue weighted by atomic mass is 10.1. The van der Waals surface area contributed by atoms with Gasteiger partial charge in [-0.15, -0.1) is 0 Å². The van der Waals surface area contributed by atoms with E-state index >= 15 is 0 Å². The van der Waals surface area contributed by atoms with Crippen molar-refractivity contribution in [1.82, 2.24) is 14.8 Å². The number of nitrogens with zero attached hydrogens (tertiary/aromatic N) is 3. The van der Waals surface area contributed by atoms with Crippen molar-refractivity contribution in [3.63, 3.8) is 0 Å². The van der Waals surface area contributed by atoms with Crippen LogP contribution in [0.25, 0.3) is 22.2 Å². The van der Waals surface area contributed by atoms with Gasteiger partial charge in [0.2, 0.25) is 5.89 Å². The number of hydrogen-bond acceptors (Lipinski definition) is 6. The summed E-state index contributed by atoms with van der Waals surface area (Å²) in [5, 5.41) is 5.27. The SMILES string of the molecule is CCCCCn1nc(C(=O)OCc2coc(-c3ccc(C)cc3)n2)c2ccccc2c1=O. The van der Waals surface area contributed by atoms with E-state index in [1.165, 1.54) is 10.9 Å². The number of carbonyl (C=O) groups excluding carboxylic acids is 1. The van der Waals surface area contributed by atoms with E-state index in [-0.39, 0.29) is 17.9 Å². The highest BCUT2D eigenvalue weighted by atomic mass is 16.5. The molecule has 0 N–H and O–H groups in total.